The van der Waals surface area contributed by atoms with Gasteiger partial charge in [-0.05, 0) is 37.5 Å². The van der Waals surface area contributed by atoms with Crippen LogP contribution in [0.4, 0.5) is 16.2 Å². The fourth-order valence-corrected chi connectivity index (χ4v) is 5.08. The van der Waals surface area contributed by atoms with Gasteiger partial charge in [0.05, 0.1) is 43.9 Å². The molecule has 0 radical (unpaired) electrons. The third kappa shape index (κ3) is 6.01. The maximum atomic E-state index is 14.0. The van der Waals surface area contributed by atoms with E-state index in [2.05, 4.69) is 0 Å². The van der Waals surface area contributed by atoms with Crippen LogP contribution < -0.4 is 14.4 Å². The first kappa shape index (κ1) is 28.4. The lowest BCUT2D eigenvalue weighted by molar-refractivity contribution is -0.384. The summed E-state index contributed by atoms with van der Waals surface area (Å²) in [7, 11) is 3.06. The van der Waals surface area contributed by atoms with Crippen LogP contribution in [0.25, 0.3) is 0 Å². The second-order valence-electron chi connectivity index (χ2n) is 9.54. The molecule has 1 aliphatic heterocycles. The fourth-order valence-electron chi connectivity index (χ4n) is 5.08. The first-order valence-corrected chi connectivity index (χ1v) is 13.1. The molecule has 0 bridgehead atoms. The minimum absolute atomic E-state index is 0.0347. The van der Waals surface area contributed by atoms with Gasteiger partial charge in [0.15, 0.2) is 11.5 Å². The van der Waals surface area contributed by atoms with Crippen LogP contribution in [0, 0.1) is 10.1 Å². The number of rotatable bonds is 9. The molecule has 40 heavy (non-hydrogen) atoms. The Morgan fingerprint density at radius 2 is 1.65 bits per heavy atom. The van der Waals surface area contributed by atoms with E-state index in [0.717, 1.165) is 11.1 Å². The molecule has 210 valence electrons. The Hall–Kier alpha value is -4.60. The number of hydrogen-bond donors (Lipinski definition) is 0. The Balaban J connectivity index is 1.79. The van der Waals surface area contributed by atoms with Gasteiger partial charge in [-0.3, -0.25) is 19.8 Å². The molecular weight excluding hydrogens is 514 g/mol. The Morgan fingerprint density at radius 3 is 2.25 bits per heavy atom. The van der Waals surface area contributed by atoms with Gasteiger partial charge in [-0.15, -0.1) is 0 Å². The van der Waals surface area contributed by atoms with Crippen molar-refractivity contribution in [1.29, 1.82) is 0 Å². The number of benzene rings is 3. The Kier molecular flexibility index (Phi) is 8.88. The molecule has 2 atom stereocenters. The summed E-state index contributed by atoms with van der Waals surface area (Å²) in [5.41, 5.74) is 2.89. The molecule has 10 heteroatoms. The molecule has 1 aliphatic rings. The molecule has 2 amide bonds. The van der Waals surface area contributed by atoms with E-state index in [0.29, 0.717) is 35.7 Å². The molecule has 0 aliphatic carbocycles. The summed E-state index contributed by atoms with van der Waals surface area (Å²) < 4.78 is 16.5. The van der Waals surface area contributed by atoms with Gasteiger partial charge < -0.3 is 19.1 Å². The predicted molar refractivity (Wildman–Crippen MR) is 150 cm³/mol. The molecule has 0 unspecified atom stereocenters. The van der Waals surface area contributed by atoms with Crippen LogP contribution in [0.15, 0.2) is 66.7 Å². The highest BCUT2D eigenvalue weighted by Gasteiger charge is 2.40. The number of amides is 2. The molecule has 3 aromatic carbocycles. The van der Waals surface area contributed by atoms with E-state index >= 15 is 0 Å². The van der Waals surface area contributed by atoms with E-state index in [1.165, 1.54) is 26.4 Å². The number of carbonyl (C=O) groups is 2. The molecule has 1 heterocycles. The number of anilines is 1. The van der Waals surface area contributed by atoms with Crippen molar-refractivity contribution in [3.63, 3.8) is 0 Å². The van der Waals surface area contributed by atoms with Crippen LogP contribution >= 0.6 is 0 Å². The number of ether oxygens (including phenoxy) is 3. The second kappa shape index (κ2) is 12.5. The van der Waals surface area contributed by atoms with E-state index in [9.17, 15) is 19.7 Å². The maximum absolute atomic E-state index is 14.0. The van der Waals surface area contributed by atoms with Crippen molar-refractivity contribution in [3.05, 3.63) is 93.5 Å². The minimum Gasteiger partial charge on any atom is -0.493 e. The number of nitro benzene ring substituents is 1. The first-order chi connectivity index (χ1) is 19.3. The number of nitrogens with zero attached hydrogens (tertiary/aromatic N) is 3. The highest BCUT2D eigenvalue weighted by atomic mass is 16.6. The Labute approximate surface area is 233 Å². The monoisotopic (exact) mass is 547 g/mol. The van der Waals surface area contributed by atoms with Crippen LogP contribution in [0.3, 0.4) is 0 Å². The average Bonchev–Trinajstić information content (AvgIpc) is 2.95. The lowest BCUT2D eigenvalue weighted by Gasteiger charge is -2.43. The quantitative estimate of drug-likeness (QED) is 0.250. The molecule has 0 fully saturated rings. The second-order valence-corrected chi connectivity index (χ2v) is 9.54. The highest BCUT2D eigenvalue weighted by Crippen LogP contribution is 2.46. The number of non-ortho nitro benzene ring substituents is 1. The topological polar surface area (TPSA) is 111 Å². The summed E-state index contributed by atoms with van der Waals surface area (Å²) >= 11 is 0. The Bertz CT molecular complexity index is 1360. The summed E-state index contributed by atoms with van der Waals surface area (Å²) in [6, 6.07) is 18.5. The molecule has 0 saturated heterocycles. The van der Waals surface area contributed by atoms with E-state index in [4.69, 9.17) is 14.2 Å². The standard InChI is InChI=1S/C30H33N3O7/c1-5-40-30(35)32-20(2)15-25(24-17-27(38-3)28(39-4)18-26(24)32)31(19-22-9-7-6-8-10-22)29(34)16-21-11-13-23(14-12-21)33(36)37/h6-14,17-18,20,25H,5,15-16,19H2,1-4H3/t20-,25+/m1/s1. The van der Waals surface area contributed by atoms with E-state index < -0.39 is 17.1 Å². The SMILES string of the molecule is CCOC(=O)N1c2cc(OC)c(OC)cc2[C@@H](N(Cc2ccccc2)C(=O)Cc2ccc([N+](=O)[O-])cc2)C[C@H]1C. The minimum atomic E-state index is -0.478. The van der Waals surface area contributed by atoms with E-state index in [1.54, 1.807) is 34.9 Å². The van der Waals surface area contributed by atoms with Crippen molar-refractivity contribution in [2.75, 3.05) is 25.7 Å². The van der Waals surface area contributed by atoms with Gasteiger partial charge in [-0.25, -0.2) is 4.79 Å². The van der Waals surface area contributed by atoms with Crippen molar-refractivity contribution in [2.24, 2.45) is 0 Å². The normalized spacial score (nSPS) is 16.1. The number of nitro groups is 1. The van der Waals surface area contributed by atoms with Crippen LogP contribution in [-0.4, -0.2) is 48.7 Å². The van der Waals surface area contributed by atoms with Crippen LogP contribution in [0.2, 0.25) is 0 Å². The highest BCUT2D eigenvalue weighted by molar-refractivity contribution is 5.91. The van der Waals surface area contributed by atoms with Crippen molar-refractivity contribution in [1.82, 2.24) is 4.90 Å². The third-order valence-electron chi connectivity index (χ3n) is 7.02. The lowest BCUT2D eigenvalue weighted by atomic mass is 9.89. The zero-order valence-corrected chi connectivity index (χ0v) is 23.0. The van der Waals surface area contributed by atoms with Gasteiger partial charge in [-0.1, -0.05) is 42.5 Å². The van der Waals surface area contributed by atoms with E-state index in [-0.39, 0.29) is 30.7 Å². The largest absolute Gasteiger partial charge is 0.493 e. The smallest absolute Gasteiger partial charge is 0.414 e. The molecule has 0 spiro atoms. The van der Waals surface area contributed by atoms with Crippen LogP contribution in [0.5, 0.6) is 11.5 Å². The van der Waals surface area contributed by atoms with Gasteiger partial charge >= 0.3 is 6.09 Å². The summed E-state index contributed by atoms with van der Waals surface area (Å²) in [6.45, 7) is 4.23. The van der Waals surface area contributed by atoms with Gasteiger partial charge in [-0.2, -0.15) is 0 Å². The first-order valence-electron chi connectivity index (χ1n) is 13.1. The van der Waals surface area contributed by atoms with E-state index in [1.807, 2.05) is 43.3 Å². The third-order valence-corrected chi connectivity index (χ3v) is 7.02. The lowest BCUT2D eigenvalue weighted by Crippen LogP contribution is -2.48. The van der Waals surface area contributed by atoms with Crippen LogP contribution in [-0.2, 0) is 22.5 Å². The summed E-state index contributed by atoms with van der Waals surface area (Å²) in [4.78, 5) is 41.0. The van der Waals surface area contributed by atoms with Gasteiger partial charge in [0, 0.05) is 36.3 Å². The number of carbonyl (C=O) groups excluding carboxylic acids is 2. The van der Waals surface area contributed by atoms with Crippen molar-refractivity contribution in [2.45, 2.75) is 45.3 Å². The molecular formula is C30H33N3O7. The van der Waals surface area contributed by atoms with Crippen LogP contribution in [0.1, 0.15) is 43.0 Å². The predicted octanol–water partition coefficient (Wildman–Crippen LogP) is 5.68. The molecule has 0 aromatic heterocycles. The molecule has 4 rings (SSSR count). The number of fused-ring (bicyclic) bond motifs is 1. The number of methoxy groups -OCH3 is 2. The Morgan fingerprint density at radius 1 is 1.00 bits per heavy atom. The zero-order valence-electron chi connectivity index (χ0n) is 23.0. The van der Waals surface area contributed by atoms with Crippen molar-refractivity contribution < 1.29 is 28.7 Å². The van der Waals surface area contributed by atoms with Crippen molar-refractivity contribution in [3.8, 4) is 11.5 Å². The number of hydrogen-bond acceptors (Lipinski definition) is 7. The molecule has 10 nitrogen and oxygen atoms in total. The summed E-state index contributed by atoms with van der Waals surface area (Å²) in [5, 5.41) is 11.1. The zero-order chi connectivity index (χ0) is 28.8. The molecule has 3 aromatic rings. The maximum Gasteiger partial charge on any atom is 0.414 e. The van der Waals surface area contributed by atoms with Crippen molar-refractivity contribution >= 4 is 23.4 Å². The fraction of sp³-hybridized carbons (Fsp3) is 0.333. The molecule has 0 N–H and O–H groups in total. The molecule has 0 saturated carbocycles. The van der Waals surface area contributed by atoms with Gasteiger partial charge in [0.1, 0.15) is 0 Å². The van der Waals surface area contributed by atoms with Gasteiger partial charge in [0.25, 0.3) is 5.69 Å². The van der Waals surface area contributed by atoms with Gasteiger partial charge in [0.2, 0.25) is 5.91 Å². The summed E-state index contributed by atoms with van der Waals surface area (Å²) in [5.74, 6) is 0.780. The average molecular weight is 548 g/mol. The summed E-state index contributed by atoms with van der Waals surface area (Å²) in [6.07, 6.45) is 0.0359.